The van der Waals surface area contributed by atoms with Gasteiger partial charge in [-0.3, -0.25) is 4.79 Å². The topological polar surface area (TPSA) is 46.3 Å². The lowest BCUT2D eigenvalue weighted by Gasteiger charge is -2.26. The Labute approximate surface area is 110 Å². The highest BCUT2D eigenvalue weighted by Crippen LogP contribution is 2.08. The molecule has 2 N–H and O–H groups in total. The van der Waals surface area contributed by atoms with Crippen LogP contribution in [0.1, 0.15) is 32.3 Å². The lowest BCUT2D eigenvalue weighted by Crippen LogP contribution is -2.45. The summed E-state index contributed by atoms with van der Waals surface area (Å²) >= 11 is 0. The van der Waals surface area contributed by atoms with Crippen LogP contribution in [-0.4, -0.2) is 29.9 Å². The lowest BCUT2D eigenvalue weighted by molar-refractivity contribution is -0.133. The highest BCUT2D eigenvalue weighted by molar-refractivity contribution is 5.81. The van der Waals surface area contributed by atoms with Crippen molar-refractivity contribution in [2.75, 3.05) is 7.05 Å². The standard InChI is InChI=1S/C15H24N2O/c1-4-12(2)17(3)15(18)14(16)11-10-13-8-6-5-7-9-13/h5-9,12,14H,4,10-11,16H2,1-3H3/t12?,14-/m0/s1. The molecule has 1 amide bonds. The normalized spacial score (nSPS) is 14.0. The Bertz CT molecular complexity index is 364. The molecule has 0 aromatic heterocycles. The second-order valence-corrected chi connectivity index (χ2v) is 4.84. The molecule has 0 radical (unpaired) electrons. The fourth-order valence-electron chi connectivity index (χ4n) is 1.84. The Morgan fingerprint density at radius 3 is 2.50 bits per heavy atom. The Morgan fingerprint density at radius 1 is 1.33 bits per heavy atom. The summed E-state index contributed by atoms with van der Waals surface area (Å²) in [6, 6.07) is 9.99. The summed E-state index contributed by atoms with van der Waals surface area (Å²) in [5.41, 5.74) is 7.20. The Morgan fingerprint density at radius 2 is 1.94 bits per heavy atom. The number of carbonyl (C=O) groups excluding carboxylic acids is 1. The van der Waals surface area contributed by atoms with Crippen molar-refractivity contribution in [3.63, 3.8) is 0 Å². The van der Waals surface area contributed by atoms with Gasteiger partial charge < -0.3 is 10.6 Å². The van der Waals surface area contributed by atoms with Crippen LogP contribution in [0.25, 0.3) is 0 Å². The van der Waals surface area contributed by atoms with Gasteiger partial charge in [0.2, 0.25) is 5.91 Å². The summed E-state index contributed by atoms with van der Waals surface area (Å²) < 4.78 is 0. The average Bonchev–Trinajstić information content (AvgIpc) is 2.43. The van der Waals surface area contributed by atoms with Gasteiger partial charge in [-0.2, -0.15) is 0 Å². The zero-order chi connectivity index (χ0) is 13.5. The van der Waals surface area contributed by atoms with Gasteiger partial charge in [0, 0.05) is 13.1 Å². The van der Waals surface area contributed by atoms with E-state index in [0.717, 1.165) is 12.8 Å². The maximum atomic E-state index is 12.1. The third-order valence-corrected chi connectivity index (χ3v) is 3.50. The predicted octanol–water partition coefficient (Wildman–Crippen LogP) is 2.20. The quantitative estimate of drug-likeness (QED) is 0.839. The molecule has 0 saturated carbocycles. The minimum atomic E-state index is -0.399. The summed E-state index contributed by atoms with van der Waals surface area (Å²) in [7, 11) is 1.83. The van der Waals surface area contributed by atoms with Gasteiger partial charge in [-0.25, -0.2) is 0 Å². The number of rotatable bonds is 6. The number of hydrogen-bond donors (Lipinski definition) is 1. The molecule has 1 aromatic rings. The van der Waals surface area contributed by atoms with Crippen molar-refractivity contribution >= 4 is 5.91 Å². The lowest BCUT2D eigenvalue weighted by atomic mass is 10.0. The fraction of sp³-hybridized carbons (Fsp3) is 0.533. The largest absolute Gasteiger partial charge is 0.342 e. The van der Waals surface area contributed by atoms with E-state index >= 15 is 0 Å². The Hall–Kier alpha value is -1.35. The number of nitrogens with zero attached hydrogens (tertiary/aromatic N) is 1. The number of nitrogens with two attached hydrogens (primary N) is 1. The Balaban J connectivity index is 2.45. The van der Waals surface area contributed by atoms with Gasteiger partial charge >= 0.3 is 0 Å². The van der Waals surface area contributed by atoms with E-state index in [4.69, 9.17) is 5.73 Å². The number of benzene rings is 1. The molecular formula is C15H24N2O. The van der Waals surface area contributed by atoms with Crippen LogP contribution in [0.15, 0.2) is 30.3 Å². The Kier molecular flexibility index (Phi) is 5.86. The van der Waals surface area contributed by atoms with Crippen LogP contribution in [0.5, 0.6) is 0 Å². The van der Waals surface area contributed by atoms with Crippen LogP contribution in [0.3, 0.4) is 0 Å². The molecule has 0 aliphatic rings. The zero-order valence-electron chi connectivity index (χ0n) is 11.6. The molecule has 0 saturated heterocycles. The molecule has 0 aliphatic carbocycles. The number of likely N-dealkylation sites (N-methyl/N-ethyl adjacent to an activating group) is 1. The van der Waals surface area contributed by atoms with Gasteiger partial charge in [-0.1, -0.05) is 37.3 Å². The van der Waals surface area contributed by atoms with E-state index in [1.165, 1.54) is 5.56 Å². The molecule has 0 fully saturated rings. The summed E-state index contributed by atoms with van der Waals surface area (Å²) in [6.45, 7) is 4.12. The van der Waals surface area contributed by atoms with Gasteiger partial charge in [0.1, 0.15) is 0 Å². The van der Waals surface area contributed by atoms with Crippen LogP contribution in [0.4, 0.5) is 0 Å². The highest BCUT2D eigenvalue weighted by atomic mass is 16.2. The summed E-state index contributed by atoms with van der Waals surface area (Å²) in [4.78, 5) is 13.8. The SMILES string of the molecule is CCC(C)N(C)C(=O)[C@@H](N)CCc1ccccc1. The summed E-state index contributed by atoms with van der Waals surface area (Å²) in [5, 5.41) is 0. The van der Waals surface area contributed by atoms with Crippen molar-refractivity contribution in [3.05, 3.63) is 35.9 Å². The third kappa shape index (κ3) is 4.15. The minimum absolute atomic E-state index is 0.0419. The van der Waals surface area contributed by atoms with Gasteiger partial charge in [0.15, 0.2) is 0 Å². The monoisotopic (exact) mass is 248 g/mol. The number of carbonyl (C=O) groups is 1. The van der Waals surface area contributed by atoms with Crippen molar-refractivity contribution < 1.29 is 4.79 Å². The molecule has 1 aromatic carbocycles. The van der Waals surface area contributed by atoms with Crippen molar-refractivity contribution in [1.29, 1.82) is 0 Å². The van der Waals surface area contributed by atoms with Crippen LogP contribution in [-0.2, 0) is 11.2 Å². The second kappa shape index (κ2) is 7.17. The molecule has 3 heteroatoms. The van der Waals surface area contributed by atoms with Crippen molar-refractivity contribution in [2.45, 2.75) is 45.2 Å². The molecular weight excluding hydrogens is 224 g/mol. The van der Waals surface area contributed by atoms with Gasteiger partial charge in [0.05, 0.1) is 6.04 Å². The van der Waals surface area contributed by atoms with E-state index in [0.29, 0.717) is 6.42 Å². The van der Waals surface area contributed by atoms with E-state index in [-0.39, 0.29) is 11.9 Å². The predicted molar refractivity (Wildman–Crippen MR) is 75.3 cm³/mol. The summed E-state index contributed by atoms with van der Waals surface area (Å²) in [5.74, 6) is 0.0419. The third-order valence-electron chi connectivity index (χ3n) is 3.50. The van der Waals surface area contributed by atoms with E-state index in [1.807, 2.05) is 32.2 Å². The first-order valence-corrected chi connectivity index (χ1v) is 6.62. The molecule has 0 bridgehead atoms. The van der Waals surface area contributed by atoms with Gasteiger partial charge in [-0.05, 0) is 31.7 Å². The van der Waals surface area contributed by atoms with E-state index in [9.17, 15) is 4.79 Å². The van der Waals surface area contributed by atoms with Crippen molar-refractivity contribution in [2.24, 2.45) is 5.73 Å². The average molecular weight is 248 g/mol. The smallest absolute Gasteiger partial charge is 0.239 e. The van der Waals surface area contributed by atoms with Gasteiger partial charge in [0.25, 0.3) is 0 Å². The minimum Gasteiger partial charge on any atom is -0.342 e. The van der Waals surface area contributed by atoms with E-state index in [1.54, 1.807) is 4.90 Å². The molecule has 0 heterocycles. The molecule has 1 unspecified atom stereocenters. The van der Waals surface area contributed by atoms with Crippen molar-refractivity contribution in [3.8, 4) is 0 Å². The fourth-order valence-corrected chi connectivity index (χ4v) is 1.84. The second-order valence-electron chi connectivity index (χ2n) is 4.84. The maximum absolute atomic E-state index is 12.1. The molecule has 1 rings (SSSR count). The van der Waals surface area contributed by atoms with E-state index < -0.39 is 6.04 Å². The molecule has 0 spiro atoms. The number of hydrogen-bond acceptors (Lipinski definition) is 2. The van der Waals surface area contributed by atoms with Crippen LogP contribution in [0, 0.1) is 0 Å². The zero-order valence-corrected chi connectivity index (χ0v) is 11.6. The molecule has 18 heavy (non-hydrogen) atoms. The van der Waals surface area contributed by atoms with Crippen LogP contribution >= 0.6 is 0 Å². The molecule has 2 atom stereocenters. The molecule has 0 aliphatic heterocycles. The molecule has 100 valence electrons. The first-order valence-electron chi connectivity index (χ1n) is 6.62. The first kappa shape index (κ1) is 14.7. The summed E-state index contributed by atoms with van der Waals surface area (Å²) in [6.07, 6.45) is 2.50. The highest BCUT2D eigenvalue weighted by Gasteiger charge is 2.20. The van der Waals surface area contributed by atoms with Crippen LogP contribution in [0.2, 0.25) is 0 Å². The van der Waals surface area contributed by atoms with Crippen molar-refractivity contribution in [1.82, 2.24) is 4.90 Å². The van der Waals surface area contributed by atoms with Gasteiger partial charge in [-0.15, -0.1) is 0 Å². The number of aryl methyl sites for hydroxylation is 1. The maximum Gasteiger partial charge on any atom is 0.239 e. The number of amides is 1. The first-order chi connectivity index (χ1) is 8.56. The van der Waals surface area contributed by atoms with Crippen LogP contribution < -0.4 is 5.73 Å². The van der Waals surface area contributed by atoms with E-state index in [2.05, 4.69) is 19.1 Å². The molecule has 3 nitrogen and oxygen atoms in total.